The van der Waals surface area contributed by atoms with E-state index in [0.29, 0.717) is 19.4 Å². The Balaban J connectivity index is 1.71. The summed E-state index contributed by atoms with van der Waals surface area (Å²) < 4.78 is 5.36. The van der Waals surface area contributed by atoms with Crippen LogP contribution in [0.5, 0.6) is 0 Å². The van der Waals surface area contributed by atoms with Gasteiger partial charge in [0.25, 0.3) is 0 Å². The van der Waals surface area contributed by atoms with Crippen LogP contribution >= 0.6 is 0 Å². The van der Waals surface area contributed by atoms with Gasteiger partial charge >= 0.3 is 0 Å². The summed E-state index contributed by atoms with van der Waals surface area (Å²) in [4.78, 5) is 27.0. The molecule has 0 bridgehead atoms. The normalized spacial score (nSPS) is 22.5. The van der Waals surface area contributed by atoms with Gasteiger partial charge < -0.3 is 19.9 Å². The molecule has 0 aliphatic carbocycles. The van der Waals surface area contributed by atoms with Gasteiger partial charge in [-0.3, -0.25) is 9.59 Å². The van der Waals surface area contributed by atoms with Gasteiger partial charge in [0.05, 0.1) is 13.2 Å². The van der Waals surface area contributed by atoms with E-state index in [0.717, 1.165) is 44.1 Å². The van der Waals surface area contributed by atoms with E-state index in [1.165, 1.54) is 0 Å². The number of hydrogen-bond acceptors (Lipinski definition) is 4. The first-order chi connectivity index (χ1) is 10.8. The average molecular weight is 303 g/mol. The molecule has 3 rings (SSSR count). The number of benzene rings is 1. The highest BCUT2D eigenvalue weighted by Gasteiger charge is 2.29. The molecule has 1 N–H and O–H groups in total. The van der Waals surface area contributed by atoms with Crippen molar-refractivity contribution in [2.75, 3.05) is 42.6 Å². The van der Waals surface area contributed by atoms with Crippen LogP contribution < -0.4 is 15.1 Å². The van der Waals surface area contributed by atoms with E-state index in [9.17, 15) is 9.59 Å². The maximum atomic E-state index is 12.4. The molecular weight excluding hydrogens is 282 g/mol. The number of hydrogen-bond donors (Lipinski definition) is 1. The number of anilines is 2. The van der Waals surface area contributed by atoms with E-state index >= 15 is 0 Å². The first-order valence-electron chi connectivity index (χ1n) is 7.73. The zero-order chi connectivity index (χ0) is 15.4. The highest BCUT2D eigenvalue weighted by Crippen LogP contribution is 2.24. The summed E-state index contributed by atoms with van der Waals surface area (Å²) in [6.45, 7) is 4.00. The van der Waals surface area contributed by atoms with Crippen LogP contribution in [0.2, 0.25) is 0 Å². The lowest BCUT2D eigenvalue weighted by Gasteiger charge is -2.33. The number of ether oxygens (including phenoxy) is 1. The first kappa shape index (κ1) is 14.8. The van der Waals surface area contributed by atoms with Gasteiger partial charge in [-0.15, -0.1) is 0 Å². The largest absolute Gasteiger partial charge is 0.378 e. The van der Waals surface area contributed by atoms with Crippen LogP contribution in [0.4, 0.5) is 11.4 Å². The van der Waals surface area contributed by atoms with E-state index in [1.807, 2.05) is 24.3 Å². The van der Waals surface area contributed by atoms with Gasteiger partial charge in [-0.2, -0.15) is 0 Å². The highest BCUT2D eigenvalue weighted by atomic mass is 16.5. The monoisotopic (exact) mass is 303 g/mol. The molecule has 1 unspecified atom stereocenters. The van der Waals surface area contributed by atoms with Crippen LogP contribution in [-0.4, -0.2) is 51.2 Å². The molecule has 2 saturated heterocycles. The minimum atomic E-state index is -0.398. The fourth-order valence-electron chi connectivity index (χ4n) is 3.03. The predicted molar refractivity (Wildman–Crippen MR) is 84.0 cm³/mol. The molecule has 1 aromatic carbocycles. The van der Waals surface area contributed by atoms with E-state index in [2.05, 4.69) is 10.2 Å². The van der Waals surface area contributed by atoms with Crippen LogP contribution in [-0.2, 0) is 14.3 Å². The number of carbonyl (C=O) groups is 2. The van der Waals surface area contributed by atoms with Crippen molar-refractivity contribution in [2.45, 2.75) is 18.9 Å². The lowest BCUT2D eigenvalue weighted by Crippen LogP contribution is -2.50. The molecule has 1 atom stereocenters. The van der Waals surface area contributed by atoms with Crippen molar-refractivity contribution in [3.05, 3.63) is 24.3 Å². The summed E-state index contributed by atoms with van der Waals surface area (Å²) in [7, 11) is 0. The van der Waals surface area contributed by atoms with Crippen molar-refractivity contribution in [3.63, 3.8) is 0 Å². The summed E-state index contributed by atoms with van der Waals surface area (Å²) in [5.74, 6) is -0.0301. The van der Waals surface area contributed by atoms with Gasteiger partial charge in [0.1, 0.15) is 6.04 Å². The van der Waals surface area contributed by atoms with E-state index in [4.69, 9.17) is 4.74 Å². The second-order valence-corrected chi connectivity index (χ2v) is 5.59. The molecule has 0 aromatic heterocycles. The molecular formula is C16H21N3O3. The van der Waals surface area contributed by atoms with Crippen LogP contribution in [0.15, 0.2) is 24.3 Å². The van der Waals surface area contributed by atoms with Crippen LogP contribution in [0.25, 0.3) is 0 Å². The number of piperidine rings is 1. The molecule has 2 fully saturated rings. The van der Waals surface area contributed by atoms with Crippen molar-refractivity contribution in [1.82, 2.24) is 5.32 Å². The summed E-state index contributed by atoms with van der Waals surface area (Å²) in [5, 5.41) is 2.60. The molecule has 2 amide bonds. The molecule has 0 radical (unpaired) electrons. The van der Waals surface area contributed by atoms with Crippen molar-refractivity contribution >= 4 is 23.7 Å². The Morgan fingerprint density at radius 3 is 2.45 bits per heavy atom. The Labute approximate surface area is 130 Å². The third kappa shape index (κ3) is 3.06. The molecule has 2 heterocycles. The maximum absolute atomic E-state index is 12.4. The van der Waals surface area contributed by atoms with Crippen molar-refractivity contribution in [3.8, 4) is 0 Å². The van der Waals surface area contributed by atoms with Crippen LogP contribution in [0.3, 0.4) is 0 Å². The zero-order valence-corrected chi connectivity index (χ0v) is 12.5. The molecule has 2 aliphatic rings. The van der Waals surface area contributed by atoms with E-state index in [1.54, 1.807) is 4.90 Å². The number of amides is 2. The molecule has 1 aromatic rings. The summed E-state index contributed by atoms with van der Waals surface area (Å²) in [6.07, 6.45) is 2.20. The van der Waals surface area contributed by atoms with Crippen molar-refractivity contribution < 1.29 is 14.3 Å². The van der Waals surface area contributed by atoms with Gasteiger partial charge in [0.15, 0.2) is 0 Å². The smallest absolute Gasteiger partial charge is 0.249 e. The highest BCUT2D eigenvalue weighted by molar-refractivity contribution is 5.98. The SMILES string of the molecule is O=CNC1CCCN(c2ccc(N3CCOCC3)cc2)C1=O. The standard InChI is InChI=1S/C16H21N3O3/c20-12-17-15-2-1-7-19(16(15)21)14-5-3-13(4-6-14)18-8-10-22-11-9-18/h3-6,12,15H,1-2,7-11H2,(H,17,20). The number of rotatable bonds is 4. The van der Waals surface area contributed by atoms with Gasteiger partial charge in [-0.25, -0.2) is 0 Å². The topological polar surface area (TPSA) is 61.9 Å². The summed E-state index contributed by atoms with van der Waals surface area (Å²) in [5.41, 5.74) is 2.04. The Kier molecular flexibility index (Phi) is 4.58. The molecule has 0 spiro atoms. The molecule has 0 saturated carbocycles. The number of nitrogens with one attached hydrogen (secondary N) is 1. The van der Waals surface area contributed by atoms with Gasteiger partial charge in [0.2, 0.25) is 12.3 Å². The Hall–Kier alpha value is -2.08. The lowest BCUT2D eigenvalue weighted by molar-refractivity contribution is -0.124. The fourth-order valence-corrected chi connectivity index (χ4v) is 3.03. The third-order valence-electron chi connectivity index (χ3n) is 4.25. The number of nitrogens with zero attached hydrogens (tertiary/aromatic N) is 2. The third-order valence-corrected chi connectivity index (χ3v) is 4.25. The average Bonchev–Trinajstić information content (AvgIpc) is 2.58. The minimum Gasteiger partial charge on any atom is -0.378 e. The zero-order valence-electron chi connectivity index (χ0n) is 12.5. The molecule has 6 nitrogen and oxygen atoms in total. The van der Waals surface area contributed by atoms with E-state index < -0.39 is 6.04 Å². The first-order valence-corrected chi connectivity index (χ1v) is 7.73. The van der Waals surface area contributed by atoms with Crippen molar-refractivity contribution in [1.29, 1.82) is 0 Å². The number of carbonyl (C=O) groups excluding carboxylic acids is 2. The predicted octanol–water partition coefficient (Wildman–Crippen LogP) is 0.765. The van der Waals surface area contributed by atoms with Gasteiger partial charge in [-0.05, 0) is 37.1 Å². The molecule has 118 valence electrons. The van der Waals surface area contributed by atoms with Gasteiger partial charge in [0, 0.05) is 31.0 Å². The molecule has 2 aliphatic heterocycles. The number of morpholine rings is 1. The van der Waals surface area contributed by atoms with Gasteiger partial charge in [-0.1, -0.05) is 0 Å². The minimum absolute atomic E-state index is 0.0301. The van der Waals surface area contributed by atoms with Crippen LogP contribution in [0, 0.1) is 0 Å². The Bertz CT molecular complexity index is 526. The van der Waals surface area contributed by atoms with E-state index in [-0.39, 0.29) is 5.91 Å². The maximum Gasteiger partial charge on any atom is 0.249 e. The Morgan fingerprint density at radius 2 is 1.77 bits per heavy atom. The molecule has 22 heavy (non-hydrogen) atoms. The quantitative estimate of drug-likeness (QED) is 0.835. The second-order valence-electron chi connectivity index (χ2n) is 5.59. The van der Waals surface area contributed by atoms with Crippen LogP contribution in [0.1, 0.15) is 12.8 Å². The summed E-state index contributed by atoms with van der Waals surface area (Å²) >= 11 is 0. The lowest BCUT2D eigenvalue weighted by atomic mass is 10.0. The fraction of sp³-hybridized carbons (Fsp3) is 0.500. The van der Waals surface area contributed by atoms with Crippen molar-refractivity contribution in [2.24, 2.45) is 0 Å². The second kappa shape index (κ2) is 6.79. The molecule has 6 heteroatoms. The summed E-state index contributed by atoms with van der Waals surface area (Å²) in [6, 6.07) is 7.65. The Morgan fingerprint density at radius 1 is 1.09 bits per heavy atom.